The minimum Gasteiger partial charge on any atom is -0.454 e. The summed E-state index contributed by atoms with van der Waals surface area (Å²) in [6.45, 7) is 1.72. The molecule has 2 aromatic carbocycles. The summed E-state index contributed by atoms with van der Waals surface area (Å²) in [5.74, 6) is 0.277. The van der Waals surface area contributed by atoms with Gasteiger partial charge < -0.3 is 19.5 Å². The molecule has 2 aliphatic rings. The van der Waals surface area contributed by atoms with Gasteiger partial charge in [-0.05, 0) is 49.9 Å². The van der Waals surface area contributed by atoms with Crippen LogP contribution >= 0.6 is 0 Å². The van der Waals surface area contributed by atoms with Gasteiger partial charge in [-0.1, -0.05) is 18.2 Å². The third-order valence-electron chi connectivity index (χ3n) is 5.42. The number of anilines is 1. The van der Waals surface area contributed by atoms with Crippen molar-refractivity contribution in [3.8, 4) is 11.5 Å². The molecule has 0 bridgehead atoms. The zero-order valence-electron chi connectivity index (χ0n) is 16.4. The van der Waals surface area contributed by atoms with Crippen LogP contribution < -0.4 is 14.8 Å². The summed E-state index contributed by atoms with van der Waals surface area (Å²) in [7, 11) is 0. The quantitative estimate of drug-likeness (QED) is 0.668. The lowest BCUT2D eigenvalue weighted by atomic mass is 10.0. The Kier molecular flexibility index (Phi) is 4.50. The Morgan fingerprint density at radius 3 is 2.83 bits per heavy atom. The van der Waals surface area contributed by atoms with E-state index in [2.05, 4.69) is 10.3 Å². The summed E-state index contributed by atoms with van der Waals surface area (Å²) < 4.78 is 16.2. The Labute approximate surface area is 173 Å². The fourth-order valence-corrected chi connectivity index (χ4v) is 3.94. The molecule has 7 nitrogen and oxygen atoms in total. The van der Waals surface area contributed by atoms with E-state index in [0.29, 0.717) is 22.7 Å². The van der Waals surface area contributed by atoms with Gasteiger partial charge in [-0.3, -0.25) is 9.78 Å². The van der Waals surface area contributed by atoms with E-state index in [1.54, 1.807) is 25.1 Å². The van der Waals surface area contributed by atoms with E-state index in [-0.39, 0.29) is 6.79 Å². The first-order valence-corrected chi connectivity index (χ1v) is 9.92. The number of nitrogens with zero attached hydrogens (tertiary/aromatic N) is 1. The number of hydrogen-bond acceptors (Lipinski definition) is 6. The number of esters is 1. The van der Waals surface area contributed by atoms with Crippen LogP contribution in [0.4, 0.5) is 5.69 Å². The molecule has 1 aromatic heterocycles. The second-order valence-corrected chi connectivity index (χ2v) is 7.39. The lowest BCUT2D eigenvalue weighted by Crippen LogP contribution is -2.30. The molecule has 1 amide bonds. The summed E-state index contributed by atoms with van der Waals surface area (Å²) in [4.78, 5) is 30.4. The fraction of sp³-hybridized carbons (Fsp3) is 0.261. The van der Waals surface area contributed by atoms with Crippen LogP contribution in [0.2, 0.25) is 0 Å². The van der Waals surface area contributed by atoms with Crippen molar-refractivity contribution in [3.63, 3.8) is 0 Å². The van der Waals surface area contributed by atoms with Crippen LogP contribution in [-0.4, -0.2) is 29.8 Å². The van der Waals surface area contributed by atoms with E-state index in [4.69, 9.17) is 14.2 Å². The molecule has 0 spiro atoms. The van der Waals surface area contributed by atoms with Crippen molar-refractivity contribution in [1.82, 2.24) is 4.98 Å². The van der Waals surface area contributed by atoms with Gasteiger partial charge in [0.2, 0.25) is 6.79 Å². The average molecular weight is 404 g/mol. The molecule has 152 valence electrons. The molecule has 5 rings (SSSR count). The normalized spacial score (nSPS) is 15.0. The number of rotatable bonds is 4. The molecule has 1 atom stereocenters. The highest BCUT2D eigenvalue weighted by Gasteiger charge is 2.27. The van der Waals surface area contributed by atoms with E-state index < -0.39 is 18.0 Å². The van der Waals surface area contributed by atoms with Gasteiger partial charge in [0.25, 0.3) is 5.91 Å². The fourth-order valence-electron chi connectivity index (χ4n) is 3.94. The smallest absolute Gasteiger partial charge is 0.339 e. The van der Waals surface area contributed by atoms with Crippen molar-refractivity contribution in [3.05, 3.63) is 59.3 Å². The number of benzene rings is 2. The number of aromatic nitrogens is 1. The summed E-state index contributed by atoms with van der Waals surface area (Å²) in [5.41, 5.74) is 3.71. The number of ether oxygens (including phenoxy) is 3. The summed E-state index contributed by atoms with van der Waals surface area (Å²) >= 11 is 0. The second-order valence-electron chi connectivity index (χ2n) is 7.39. The van der Waals surface area contributed by atoms with Crippen LogP contribution in [0, 0.1) is 0 Å². The Bertz CT molecular complexity index is 1170. The first-order chi connectivity index (χ1) is 14.6. The number of amides is 1. The van der Waals surface area contributed by atoms with E-state index in [1.807, 2.05) is 24.3 Å². The van der Waals surface area contributed by atoms with Crippen molar-refractivity contribution >= 4 is 28.5 Å². The third kappa shape index (κ3) is 3.22. The molecule has 0 radical (unpaired) electrons. The number of para-hydroxylation sites is 1. The van der Waals surface area contributed by atoms with Crippen LogP contribution in [0.25, 0.3) is 10.9 Å². The molecule has 0 saturated carbocycles. The van der Waals surface area contributed by atoms with Gasteiger partial charge in [0, 0.05) is 22.8 Å². The molecule has 1 unspecified atom stereocenters. The van der Waals surface area contributed by atoms with Gasteiger partial charge in [-0.2, -0.15) is 0 Å². The molecule has 1 aliphatic heterocycles. The van der Waals surface area contributed by atoms with E-state index in [1.165, 1.54) is 0 Å². The van der Waals surface area contributed by atoms with Crippen molar-refractivity contribution in [2.24, 2.45) is 0 Å². The van der Waals surface area contributed by atoms with E-state index in [0.717, 1.165) is 41.4 Å². The molecular formula is C23H20N2O5. The lowest BCUT2D eigenvalue weighted by Gasteiger charge is -2.16. The summed E-state index contributed by atoms with van der Waals surface area (Å²) in [6, 6.07) is 12.6. The average Bonchev–Trinajstić information content (AvgIpc) is 3.40. The number of hydrogen-bond donors (Lipinski definition) is 1. The Hall–Kier alpha value is -3.61. The van der Waals surface area contributed by atoms with Gasteiger partial charge >= 0.3 is 5.97 Å². The molecule has 1 aliphatic carbocycles. The minimum absolute atomic E-state index is 0.158. The van der Waals surface area contributed by atoms with Crippen LogP contribution in [0.1, 0.15) is 35.0 Å². The highest BCUT2D eigenvalue weighted by Crippen LogP contribution is 2.34. The minimum atomic E-state index is -0.966. The SMILES string of the molecule is CC(OC(=O)c1c2c(nc3ccccc13)CCC2)C(=O)Nc1ccc2c(c1)OCO2. The number of fused-ring (bicyclic) bond motifs is 3. The number of aryl methyl sites for hydroxylation is 1. The van der Waals surface area contributed by atoms with Crippen LogP contribution in [0.5, 0.6) is 11.5 Å². The zero-order valence-corrected chi connectivity index (χ0v) is 16.4. The summed E-state index contributed by atoms with van der Waals surface area (Å²) in [6.07, 6.45) is 1.63. The zero-order chi connectivity index (χ0) is 20.7. The topological polar surface area (TPSA) is 86.8 Å². The molecule has 2 heterocycles. The maximum Gasteiger partial charge on any atom is 0.339 e. The maximum absolute atomic E-state index is 13.1. The van der Waals surface area contributed by atoms with Gasteiger partial charge in [-0.15, -0.1) is 0 Å². The Morgan fingerprint density at radius 2 is 1.93 bits per heavy atom. The standard InChI is InChI=1S/C23H20N2O5/c1-13(22(26)24-14-9-10-19-20(11-14)29-12-28-19)30-23(27)21-15-5-2-3-7-17(15)25-18-8-4-6-16(18)21/h2-3,5,7,9-11,13H,4,6,8,12H2,1H3,(H,24,26). The van der Waals surface area contributed by atoms with E-state index >= 15 is 0 Å². The predicted octanol–water partition coefficient (Wildman–Crippen LogP) is 3.64. The predicted molar refractivity (Wildman–Crippen MR) is 110 cm³/mol. The van der Waals surface area contributed by atoms with Crippen molar-refractivity contribution in [1.29, 1.82) is 0 Å². The Balaban J connectivity index is 1.36. The van der Waals surface area contributed by atoms with Crippen LogP contribution in [-0.2, 0) is 22.4 Å². The van der Waals surface area contributed by atoms with Gasteiger partial charge in [0.1, 0.15) is 0 Å². The Morgan fingerprint density at radius 1 is 1.10 bits per heavy atom. The van der Waals surface area contributed by atoms with Gasteiger partial charge in [0.15, 0.2) is 17.6 Å². The monoisotopic (exact) mass is 404 g/mol. The number of carbonyl (C=O) groups excluding carboxylic acids is 2. The molecule has 0 saturated heterocycles. The lowest BCUT2D eigenvalue weighted by molar-refractivity contribution is -0.123. The molecular weight excluding hydrogens is 384 g/mol. The van der Waals surface area contributed by atoms with Crippen molar-refractivity contribution < 1.29 is 23.8 Å². The molecule has 30 heavy (non-hydrogen) atoms. The van der Waals surface area contributed by atoms with Gasteiger partial charge in [0.05, 0.1) is 11.1 Å². The highest BCUT2D eigenvalue weighted by atomic mass is 16.7. The molecule has 1 N–H and O–H groups in total. The molecule has 3 aromatic rings. The van der Waals surface area contributed by atoms with Crippen LogP contribution in [0.3, 0.4) is 0 Å². The van der Waals surface area contributed by atoms with Crippen LogP contribution in [0.15, 0.2) is 42.5 Å². The maximum atomic E-state index is 13.1. The van der Waals surface area contributed by atoms with Crippen molar-refractivity contribution in [2.75, 3.05) is 12.1 Å². The second kappa shape index (κ2) is 7.33. The van der Waals surface area contributed by atoms with E-state index in [9.17, 15) is 9.59 Å². The number of pyridine rings is 1. The summed E-state index contributed by atoms with van der Waals surface area (Å²) in [5, 5.41) is 3.51. The first-order valence-electron chi connectivity index (χ1n) is 9.92. The first kappa shape index (κ1) is 18.4. The number of carbonyl (C=O) groups is 2. The molecule has 7 heteroatoms. The van der Waals surface area contributed by atoms with Crippen molar-refractivity contribution in [2.45, 2.75) is 32.3 Å². The largest absolute Gasteiger partial charge is 0.454 e. The third-order valence-corrected chi connectivity index (χ3v) is 5.42. The molecule has 0 fully saturated rings. The van der Waals surface area contributed by atoms with Gasteiger partial charge in [-0.25, -0.2) is 4.79 Å². The number of nitrogens with one attached hydrogen (secondary N) is 1. The highest BCUT2D eigenvalue weighted by molar-refractivity contribution is 6.06.